The van der Waals surface area contributed by atoms with Gasteiger partial charge in [0.05, 0.1) is 20.3 Å². The van der Waals surface area contributed by atoms with Gasteiger partial charge in [-0.05, 0) is 42.3 Å². The summed E-state index contributed by atoms with van der Waals surface area (Å²) in [5.41, 5.74) is 1.96. The van der Waals surface area contributed by atoms with Gasteiger partial charge in [-0.25, -0.2) is 0 Å². The highest BCUT2D eigenvalue weighted by Gasteiger charge is 2.07. The Balaban J connectivity index is 2.19. The van der Waals surface area contributed by atoms with Crippen molar-refractivity contribution in [2.75, 3.05) is 14.2 Å². The zero-order chi connectivity index (χ0) is 15.2. The Morgan fingerprint density at radius 3 is 2.43 bits per heavy atom. The molecule has 0 fully saturated rings. The molecule has 3 nitrogen and oxygen atoms in total. The summed E-state index contributed by atoms with van der Waals surface area (Å²) >= 11 is 6.18. The maximum absolute atomic E-state index is 6.18. The predicted octanol–water partition coefficient (Wildman–Crippen LogP) is 4.54. The minimum Gasteiger partial charge on any atom is -0.493 e. The zero-order valence-electron chi connectivity index (χ0n) is 12.3. The number of hydrogen-bond acceptors (Lipinski definition) is 3. The summed E-state index contributed by atoms with van der Waals surface area (Å²) in [4.78, 5) is 4.55. The molecule has 0 spiro atoms. The first-order valence-corrected chi connectivity index (χ1v) is 7.03. The van der Waals surface area contributed by atoms with E-state index in [1.165, 1.54) is 0 Å². The SMILES string of the molecule is COc1ccc(/C=N\C(C)c2ccccc2Cl)cc1OC. The molecule has 0 aromatic heterocycles. The van der Waals surface area contributed by atoms with Crippen LogP contribution < -0.4 is 9.47 Å². The number of halogens is 1. The van der Waals surface area contributed by atoms with Gasteiger partial charge < -0.3 is 9.47 Å². The van der Waals surface area contributed by atoms with Crippen molar-refractivity contribution < 1.29 is 9.47 Å². The molecule has 0 saturated heterocycles. The van der Waals surface area contributed by atoms with Crippen LogP contribution in [0.5, 0.6) is 11.5 Å². The first-order valence-electron chi connectivity index (χ1n) is 6.65. The van der Waals surface area contributed by atoms with Crippen molar-refractivity contribution in [2.24, 2.45) is 4.99 Å². The summed E-state index contributed by atoms with van der Waals surface area (Å²) in [7, 11) is 3.23. The lowest BCUT2D eigenvalue weighted by atomic mass is 10.1. The van der Waals surface area contributed by atoms with Crippen LogP contribution in [-0.4, -0.2) is 20.4 Å². The number of rotatable bonds is 5. The third-order valence-electron chi connectivity index (χ3n) is 3.21. The summed E-state index contributed by atoms with van der Waals surface area (Å²) < 4.78 is 10.5. The molecule has 0 N–H and O–H groups in total. The largest absolute Gasteiger partial charge is 0.493 e. The Kier molecular flexibility index (Phi) is 5.23. The summed E-state index contributed by atoms with van der Waals surface area (Å²) in [6.07, 6.45) is 1.82. The Morgan fingerprint density at radius 2 is 1.76 bits per heavy atom. The fraction of sp³-hybridized carbons (Fsp3) is 0.235. The molecule has 0 radical (unpaired) electrons. The van der Waals surface area contributed by atoms with E-state index >= 15 is 0 Å². The van der Waals surface area contributed by atoms with E-state index in [0.29, 0.717) is 11.5 Å². The average Bonchev–Trinajstić information content (AvgIpc) is 2.52. The molecule has 110 valence electrons. The molecule has 2 aromatic rings. The van der Waals surface area contributed by atoms with E-state index in [-0.39, 0.29) is 6.04 Å². The molecule has 0 heterocycles. The molecule has 2 aromatic carbocycles. The van der Waals surface area contributed by atoms with Crippen LogP contribution in [0, 0.1) is 0 Å². The average molecular weight is 304 g/mol. The second kappa shape index (κ2) is 7.14. The van der Waals surface area contributed by atoms with Gasteiger partial charge in [0.15, 0.2) is 11.5 Å². The van der Waals surface area contributed by atoms with Crippen LogP contribution in [0.3, 0.4) is 0 Å². The van der Waals surface area contributed by atoms with Crippen molar-refractivity contribution in [1.29, 1.82) is 0 Å². The highest BCUT2D eigenvalue weighted by molar-refractivity contribution is 6.31. The number of ether oxygens (including phenoxy) is 2. The second-order valence-electron chi connectivity index (χ2n) is 4.59. The first-order chi connectivity index (χ1) is 10.2. The van der Waals surface area contributed by atoms with E-state index < -0.39 is 0 Å². The molecular weight excluding hydrogens is 286 g/mol. The van der Waals surface area contributed by atoms with Gasteiger partial charge in [-0.2, -0.15) is 0 Å². The number of nitrogens with zero attached hydrogens (tertiary/aromatic N) is 1. The van der Waals surface area contributed by atoms with Gasteiger partial charge in [0.1, 0.15) is 0 Å². The smallest absolute Gasteiger partial charge is 0.161 e. The van der Waals surface area contributed by atoms with Gasteiger partial charge in [-0.3, -0.25) is 4.99 Å². The van der Waals surface area contributed by atoms with Gasteiger partial charge in [0, 0.05) is 11.2 Å². The lowest BCUT2D eigenvalue weighted by molar-refractivity contribution is 0.355. The summed E-state index contributed by atoms with van der Waals surface area (Å²) in [6.45, 7) is 2.01. The first kappa shape index (κ1) is 15.4. The summed E-state index contributed by atoms with van der Waals surface area (Å²) in [5, 5.41) is 0.731. The monoisotopic (exact) mass is 303 g/mol. The van der Waals surface area contributed by atoms with Crippen molar-refractivity contribution in [3.05, 3.63) is 58.6 Å². The molecule has 2 rings (SSSR count). The van der Waals surface area contributed by atoms with Crippen molar-refractivity contribution in [3.8, 4) is 11.5 Å². The van der Waals surface area contributed by atoms with E-state index in [1.807, 2.05) is 55.6 Å². The Bertz CT molecular complexity index is 640. The van der Waals surface area contributed by atoms with Crippen LogP contribution in [0.15, 0.2) is 47.5 Å². The van der Waals surface area contributed by atoms with Gasteiger partial charge in [0.25, 0.3) is 0 Å². The summed E-state index contributed by atoms with van der Waals surface area (Å²) in [6, 6.07) is 13.4. The Morgan fingerprint density at radius 1 is 1.05 bits per heavy atom. The van der Waals surface area contributed by atoms with Gasteiger partial charge >= 0.3 is 0 Å². The van der Waals surface area contributed by atoms with Gasteiger partial charge in [0.2, 0.25) is 0 Å². The van der Waals surface area contributed by atoms with Crippen molar-refractivity contribution >= 4 is 17.8 Å². The molecule has 0 aliphatic rings. The van der Waals surface area contributed by atoms with E-state index in [1.54, 1.807) is 14.2 Å². The predicted molar refractivity (Wildman–Crippen MR) is 87.0 cm³/mol. The normalized spacial score (nSPS) is 12.4. The van der Waals surface area contributed by atoms with Crippen LogP contribution in [0.25, 0.3) is 0 Å². The lowest BCUT2D eigenvalue weighted by Gasteiger charge is -2.09. The fourth-order valence-electron chi connectivity index (χ4n) is 2.03. The van der Waals surface area contributed by atoms with Crippen LogP contribution in [0.1, 0.15) is 24.1 Å². The number of hydrogen-bond donors (Lipinski definition) is 0. The Labute approximate surface area is 130 Å². The van der Waals surface area contributed by atoms with Crippen molar-refractivity contribution in [2.45, 2.75) is 13.0 Å². The molecule has 4 heteroatoms. The molecule has 0 saturated carbocycles. The molecule has 1 unspecified atom stereocenters. The molecule has 0 amide bonds. The molecule has 1 atom stereocenters. The van der Waals surface area contributed by atoms with Crippen LogP contribution >= 0.6 is 11.6 Å². The lowest BCUT2D eigenvalue weighted by Crippen LogP contribution is -1.94. The molecular formula is C17H18ClNO2. The molecule has 0 aliphatic carbocycles. The third kappa shape index (κ3) is 3.76. The van der Waals surface area contributed by atoms with Crippen molar-refractivity contribution in [1.82, 2.24) is 0 Å². The Hall–Kier alpha value is -2.00. The van der Waals surface area contributed by atoms with Gasteiger partial charge in [-0.1, -0.05) is 29.8 Å². The van der Waals surface area contributed by atoms with Crippen LogP contribution in [0.2, 0.25) is 5.02 Å². The fourth-order valence-corrected chi connectivity index (χ4v) is 2.32. The van der Waals surface area contributed by atoms with Crippen LogP contribution in [-0.2, 0) is 0 Å². The highest BCUT2D eigenvalue weighted by Crippen LogP contribution is 2.28. The van der Waals surface area contributed by atoms with Gasteiger partial charge in [-0.15, -0.1) is 0 Å². The summed E-state index contributed by atoms with van der Waals surface area (Å²) in [5.74, 6) is 1.39. The number of aliphatic imine (C=N–C) groups is 1. The minimum absolute atomic E-state index is 0.00760. The van der Waals surface area contributed by atoms with E-state index in [2.05, 4.69) is 4.99 Å². The quantitative estimate of drug-likeness (QED) is 0.759. The third-order valence-corrected chi connectivity index (χ3v) is 3.55. The zero-order valence-corrected chi connectivity index (χ0v) is 13.1. The van der Waals surface area contributed by atoms with E-state index in [4.69, 9.17) is 21.1 Å². The second-order valence-corrected chi connectivity index (χ2v) is 5.00. The van der Waals surface area contributed by atoms with Crippen molar-refractivity contribution in [3.63, 3.8) is 0 Å². The number of methoxy groups -OCH3 is 2. The molecule has 0 bridgehead atoms. The maximum atomic E-state index is 6.18. The standard InChI is InChI=1S/C17H18ClNO2/c1-12(14-6-4-5-7-15(14)18)19-11-13-8-9-16(20-2)17(10-13)21-3/h4-12H,1-3H3/b19-11-. The molecule has 0 aliphatic heterocycles. The molecule has 21 heavy (non-hydrogen) atoms. The minimum atomic E-state index is -0.00760. The number of benzene rings is 2. The maximum Gasteiger partial charge on any atom is 0.161 e. The topological polar surface area (TPSA) is 30.8 Å². The van der Waals surface area contributed by atoms with Crippen LogP contribution in [0.4, 0.5) is 0 Å². The highest BCUT2D eigenvalue weighted by atomic mass is 35.5. The van der Waals surface area contributed by atoms with E-state index in [9.17, 15) is 0 Å². The van der Waals surface area contributed by atoms with E-state index in [0.717, 1.165) is 16.1 Å².